The first-order valence-electron chi connectivity index (χ1n) is 38.8. The third-order valence-electron chi connectivity index (χ3n) is 15.9. The minimum absolute atomic E-state index is 0.0747. The van der Waals surface area contributed by atoms with Crippen LogP contribution in [-0.2, 0) is 65.4 Å². The molecule has 19 heteroatoms. The second-order valence-corrected chi connectivity index (χ2v) is 28.4. The molecule has 0 aliphatic heterocycles. The zero-order chi connectivity index (χ0) is 73.2. The predicted octanol–water partition coefficient (Wildman–Crippen LogP) is 22.3. The number of hydrogen-bond donors (Lipinski definition) is 3. The van der Waals surface area contributed by atoms with Gasteiger partial charge in [0.1, 0.15) is 19.3 Å². The highest BCUT2D eigenvalue weighted by atomic mass is 31.2. The van der Waals surface area contributed by atoms with E-state index in [1.165, 1.54) is 64.2 Å². The maximum absolute atomic E-state index is 13.1. The van der Waals surface area contributed by atoms with Crippen LogP contribution in [0.2, 0.25) is 0 Å². The molecule has 0 fully saturated rings. The van der Waals surface area contributed by atoms with E-state index >= 15 is 0 Å². The zero-order valence-electron chi connectivity index (χ0n) is 62.6. The van der Waals surface area contributed by atoms with E-state index in [2.05, 4.69) is 149 Å². The number of unbranched alkanes of at least 4 members (excludes halogenated alkanes) is 26. The Morgan fingerprint density at radius 1 is 0.290 bits per heavy atom. The summed E-state index contributed by atoms with van der Waals surface area (Å²) < 4.78 is 68.4. The van der Waals surface area contributed by atoms with Crippen molar-refractivity contribution in [2.45, 2.75) is 329 Å². The van der Waals surface area contributed by atoms with Crippen LogP contribution in [0, 0.1) is 0 Å². The number of carbonyl (C=O) groups excluding carboxylic acids is 4. The molecule has 0 amide bonds. The number of aliphatic hydroxyl groups excluding tert-OH is 1. The van der Waals surface area contributed by atoms with Crippen LogP contribution in [0.25, 0.3) is 0 Å². The first-order chi connectivity index (χ1) is 48.7. The lowest BCUT2D eigenvalue weighted by Crippen LogP contribution is -2.30. The molecule has 0 aromatic heterocycles. The van der Waals surface area contributed by atoms with Crippen molar-refractivity contribution >= 4 is 39.5 Å². The Morgan fingerprint density at radius 2 is 0.530 bits per heavy atom. The highest BCUT2D eigenvalue weighted by Crippen LogP contribution is 2.45. The number of rotatable bonds is 72. The summed E-state index contributed by atoms with van der Waals surface area (Å²) in [7, 11) is -9.97. The molecule has 0 spiro atoms. The summed E-state index contributed by atoms with van der Waals surface area (Å²) in [5.74, 6) is -2.24. The van der Waals surface area contributed by atoms with Crippen molar-refractivity contribution in [3.05, 3.63) is 122 Å². The maximum Gasteiger partial charge on any atom is 0.472 e. The summed E-state index contributed by atoms with van der Waals surface area (Å²) in [5.41, 5.74) is 0. The molecule has 5 unspecified atom stereocenters. The van der Waals surface area contributed by atoms with Crippen molar-refractivity contribution in [3.8, 4) is 0 Å². The van der Waals surface area contributed by atoms with Crippen LogP contribution in [0.5, 0.6) is 0 Å². The van der Waals surface area contributed by atoms with Crippen LogP contribution in [0.4, 0.5) is 0 Å². The van der Waals surface area contributed by atoms with Crippen LogP contribution < -0.4 is 0 Å². The third kappa shape index (κ3) is 71.8. The Hall–Kier alpha value is -4.54. The number of phosphoric acid groups is 2. The molecule has 574 valence electrons. The van der Waals surface area contributed by atoms with Gasteiger partial charge in [-0.25, -0.2) is 9.13 Å². The molecule has 0 aromatic rings. The van der Waals surface area contributed by atoms with Crippen LogP contribution >= 0.6 is 15.6 Å². The number of allylic oxidation sites excluding steroid dienone is 20. The van der Waals surface area contributed by atoms with Crippen molar-refractivity contribution < 1.29 is 80.2 Å². The zero-order valence-corrected chi connectivity index (χ0v) is 64.4. The summed E-state index contributed by atoms with van der Waals surface area (Å²) in [5, 5.41) is 10.6. The molecule has 0 saturated heterocycles. The Labute approximate surface area is 606 Å². The summed E-state index contributed by atoms with van der Waals surface area (Å²) in [6.07, 6.45) is 79.0. The number of carbonyl (C=O) groups is 4. The minimum atomic E-state index is -4.98. The van der Waals surface area contributed by atoms with Gasteiger partial charge in [-0.3, -0.25) is 37.3 Å². The lowest BCUT2D eigenvalue weighted by molar-refractivity contribution is -0.161. The van der Waals surface area contributed by atoms with E-state index in [9.17, 15) is 43.2 Å². The van der Waals surface area contributed by atoms with Crippen LogP contribution in [0.1, 0.15) is 310 Å². The number of hydrogen-bond acceptors (Lipinski definition) is 15. The van der Waals surface area contributed by atoms with Crippen LogP contribution in [-0.4, -0.2) is 96.7 Å². The van der Waals surface area contributed by atoms with E-state index in [4.69, 9.17) is 37.0 Å². The molecule has 0 rings (SSSR count). The van der Waals surface area contributed by atoms with E-state index in [1.54, 1.807) is 0 Å². The largest absolute Gasteiger partial charge is 0.472 e. The second kappa shape index (κ2) is 72.8. The summed E-state index contributed by atoms with van der Waals surface area (Å²) in [6, 6.07) is 0. The van der Waals surface area contributed by atoms with Gasteiger partial charge in [0, 0.05) is 25.7 Å². The van der Waals surface area contributed by atoms with E-state index in [0.29, 0.717) is 25.7 Å². The molecule has 0 aliphatic carbocycles. The molecule has 100 heavy (non-hydrogen) atoms. The Morgan fingerprint density at radius 3 is 0.850 bits per heavy atom. The van der Waals surface area contributed by atoms with Gasteiger partial charge in [0.05, 0.1) is 26.4 Å². The predicted molar refractivity (Wildman–Crippen MR) is 408 cm³/mol. The van der Waals surface area contributed by atoms with Gasteiger partial charge in [-0.15, -0.1) is 0 Å². The first-order valence-corrected chi connectivity index (χ1v) is 41.8. The maximum atomic E-state index is 13.1. The van der Waals surface area contributed by atoms with Crippen LogP contribution in [0.15, 0.2) is 122 Å². The monoisotopic (exact) mass is 1440 g/mol. The van der Waals surface area contributed by atoms with Gasteiger partial charge in [0.15, 0.2) is 12.2 Å². The van der Waals surface area contributed by atoms with Gasteiger partial charge in [0.2, 0.25) is 0 Å². The van der Waals surface area contributed by atoms with Crippen molar-refractivity contribution in [1.82, 2.24) is 0 Å². The van der Waals surface area contributed by atoms with Crippen LogP contribution in [0.3, 0.4) is 0 Å². The Balaban J connectivity index is 5.35. The van der Waals surface area contributed by atoms with E-state index in [1.807, 2.05) is 0 Å². The molecule has 5 atom stereocenters. The smallest absolute Gasteiger partial charge is 0.462 e. The van der Waals surface area contributed by atoms with Gasteiger partial charge in [-0.05, 0) is 128 Å². The van der Waals surface area contributed by atoms with E-state index < -0.39 is 97.5 Å². The van der Waals surface area contributed by atoms with Gasteiger partial charge in [-0.1, -0.05) is 278 Å². The van der Waals surface area contributed by atoms with E-state index in [0.717, 1.165) is 167 Å². The number of esters is 4. The van der Waals surface area contributed by atoms with Crippen molar-refractivity contribution in [2.24, 2.45) is 0 Å². The number of phosphoric ester groups is 2. The molecule has 0 aromatic carbocycles. The van der Waals surface area contributed by atoms with Crippen molar-refractivity contribution in [2.75, 3.05) is 39.6 Å². The highest BCUT2D eigenvalue weighted by Gasteiger charge is 2.30. The number of ether oxygens (including phenoxy) is 4. The fourth-order valence-electron chi connectivity index (χ4n) is 10.0. The lowest BCUT2D eigenvalue weighted by atomic mass is 10.0. The normalized spacial score (nSPS) is 14.6. The molecule has 0 radical (unpaired) electrons. The van der Waals surface area contributed by atoms with Gasteiger partial charge < -0.3 is 33.8 Å². The summed E-state index contributed by atoms with van der Waals surface area (Å²) in [6.45, 7) is 4.54. The average Bonchev–Trinajstić information content (AvgIpc) is 1.02. The van der Waals surface area contributed by atoms with Crippen molar-refractivity contribution in [3.63, 3.8) is 0 Å². The average molecular weight is 1450 g/mol. The van der Waals surface area contributed by atoms with Gasteiger partial charge >= 0.3 is 39.5 Å². The molecule has 0 aliphatic rings. The Bertz CT molecular complexity index is 2370. The number of aliphatic hydroxyl groups is 1. The van der Waals surface area contributed by atoms with Gasteiger partial charge in [-0.2, -0.15) is 0 Å². The third-order valence-corrected chi connectivity index (χ3v) is 17.8. The molecule has 0 heterocycles. The molecule has 17 nitrogen and oxygen atoms in total. The molecule has 0 saturated carbocycles. The minimum Gasteiger partial charge on any atom is -0.462 e. The topological polar surface area (TPSA) is 237 Å². The standard InChI is InChI=1S/C81H138O17P2/c1-5-9-13-17-21-25-29-32-34-36-37-39-41-44-47-50-54-58-62-66-78(83)91-71-76(97-80(85)67-63-59-55-51-45-28-24-20-16-12-8-4)73-95-99(87,88)93-69-75(82)70-94-100(89,90)96-74-77(98-81(86)68-64-60-56-52-48-42-31-27-23-19-15-11-7-3)72-92-79(84)65-61-57-53-49-46-43-40-38-35-33-30-26-22-18-14-10-6-2/h9-10,13-14,20-22,24-26,32-35,37,39-40,43-44,47,75-77,82H,5-8,11-12,15-19,23,27-31,36,38,41-42,45-46,48-74H2,1-4H3,(H,87,88)(H,89,90)/b13-9-,14-10-,24-20-,25-21-,26-22-,34-32-,35-33-,39-37-,43-40-,47-44-. The fraction of sp³-hybridized carbons (Fsp3) is 0.704. The fourth-order valence-corrected chi connectivity index (χ4v) is 11.6. The van der Waals surface area contributed by atoms with Gasteiger partial charge in [0.25, 0.3) is 0 Å². The quantitative estimate of drug-likeness (QED) is 0.0169. The summed E-state index contributed by atoms with van der Waals surface area (Å²) >= 11 is 0. The SMILES string of the molecule is CC/C=C\C/C=C\C/C=C\C/C=C\C/C=C\CCCCCC(=O)OCC(COP(=O)(O)OCC(O)COP(=O)(O)OCC(COC(=O)CCCCCC/C=C\C/C=C\C/C=C\C/C=C\CC)OC(=O)CCCCCCCCCCCCCCC)OC(=O)CCCCCCC/C=C\CCCC. The lowest BCUT2D eigenvalue weighted by Gasteiger charge is -2.21. The molecular formula is C81H138O17P2. The Kier molecular flexibility index (Phi) is 69.5. The second-order valence-electron chi connectivity index (χ2n) is 25.5. The van der Waals surface area contributed by atoms with Crippen molar-refractivity contribution in [1.29, 1.82) is 0 Å². The molecule has 3 N–H and O–H groups in total. The highest BCUT2D eigenvalue weighted by molar-refractivity contribution is 7.47. The van der Waals surface area contributed by atoms with E-state index in [-0.39, 0.29) is 25.7 Å². The molecule has 0 bridgehead atoms. The summed E-state index contributed by atoms with van der Waals surface area (Å²) in [4.78, 5) is 72.8. The molecular weight excluding hydrogens is 1310 g/mol. The first kappa shape index (κ1) is 95.5.